The standard InChI is InChI=1S/C20H15F3N6O/c21-12-3-8-15-16(9-12)29(18(26-15)11-1-2-11)17-10-24-28-20(27-17)25-13-4-6-14(7-5-13)30-19(22)23/h3-11,19H,1-2H2,(H,25,27,28). The third-order valence-corrected chi connectivity index (χ3v) is 4.70. The number of fused-ring (bicyclic) bond motifs is 1. The average molecular weight is 412 g/mol. The number of ether oxygens (including phenoxy) is 1. The molecule has 1 fully saturated rings. The van der Waals surface area contributed by atoms with E-state index < -0.39 is 6.61 Å². The molecule has 10 heteroatoms. The van der Waals surface area contributed by atoms with Gasteiger partial charge in [-0.1, -0.05) is 0 Å². The van der Waals surface area contributed by atoms with Gasteiger partial charge in [-0.25, -0.2) is 9.37 Å². The molecule has 1 aliphatic carbocycles. The number of hydrogen-bond acceptors (Lipinski definition) is 6. The summed E-state index contributed by atoms with van der Waals surface area (Å²) < 4.78 is 44.6. The number of rotatable bonds is 6. The highest BCUT2D eigenvalue weighted by Gasteiger charge is 2.30. The van der Waals surface area contributed by atoms with Gasteiger partial charge in [0.2, 0.25) is 5.95 Å². The summed E-state index contributed by atoms with van der Waals surface area (Å²) in [5, 5.41) is 10.9. The van der Waals surface area contributed by atoms with Crippen LogP contribution in [0.4, 0.5) is 24.8 Å². The summed E-state index contributed by atoms with van der Waals surface area (Å²) in [6, 6.07) is 10.4. The summed E-state index contributed by atoms with van der Waals surface area (Å²) in [5.41, 5.74) is 1.86. The van der Waals surface area contributed by atoms with Gasteiger partial charge in [-0.3, -0.25) is 4.57 Å². The second kappa shape index (κ2) is 7.29. The van der Waals surface area contributed by atoms with Crippen LogP contribution in [-0.2, 0) is 0 Å². The van der Waals surface area contributed by atoms with Crippen LogP contribution in [0.2, 0.25) is 0 Å². The van der Waals surface area contributed by atoms with Crippen LogP contribution >= 0.6 is 0 Å². The van der Waals surface area contributed by atoms with Gasteiger partial charge < -0.3 is 10.1 Å². The van der Waals surface area contributed by atoms with Crippen molar-refractivity contribution >= 4 is 22.7 Å². The molecule has 1 aliphatic rings. The van der Waals surface area contributed by atoms with E-state index in [1.54, 1.807) is 22.8 Å². The monoisotopic (exact) mass is 412 g/mol. The Hall–Kier alpha value is -3.69. The highest BCUT2D eigenvalue weighted by molar-refractivity contribution is 5.78. The Morgan fingerprint density at radius 2 is 1.87 bits per heavy atom. The fourth-order valence-electron chi connectivity index (χ4n) is 3.23. The van der Waals surface area contributed by atoms with E-state index in [9.17, 15) is 13.2 Å². The SMILES string of the molecule is Fc1ccc2nc(C3CC3)n(-c3cnnc(Nc4ccc(OC(F)F)cc4)n3)c2c1. The molecular weight excluding hydrogens is 397 g/mol. The Morgan fingerprint density at radius 1 is 1.07 bits per heavy atom. The molecule has 7 nitrogen and oxygen atoms in total. The zero-order chi connectivity index (χ0) is 20.7. The van der Waals surface area contributed by atoms with Crippen molar-refractivity contribution in [1.29, 1.82) is 0 Å². The second-order valence-corrected chi connectivity index (χ2v) is 6.88. The molecule has 4 aromatic rings. The maximum Gasteiger partial charge on any atom is 0.387 e. The lowest BCUT2D eigenvalue weighted by Gasteiger charge is -2.10. The molecule has 30 heavy (non-hydrogen) atoms. The number of benzene rings is 2. The summed E-state index contributed by atoms with van der Waals surface area (Å²) in [7, 11) is 0. The summed E-state index contributed by atoms with van der Waals surface area (Å²) in [4.78, 5) is 9.15. The van der Waals surface area contributed by atoms with E-state index in [0.717, 1.165) is 18.7 Å². The van der Waals surface area contributed by atoms with Crippen molar-refractivity contribution in [1.82, 2.24) is 24.7 Å². The minimum atomic E-state index is -2.89. The first-order chi connectivity index (χ1) is 14.6. The molecule has 0 aliphatic heterocycles. The summed E-state index contributed by atoms with van der Waals surface area (Å²) in [5.74, 6) is 1.46. The molecule has 0 unspecified atom stereocenters. The third kappa shape index (κ3) is 3.63. The van der Waals surface area contributed by atoms with Gasteiger partial charge in [-0.15, -0.1) is 5.10 Å². The lowest BCUT2D eigenvalue weighted by atomic mass is 10.3. The van der Waals surface area contributed by atoms with Crippen molar-refractivity contribution in [2.45, 2.75) is 25.4 Å². The van der Waals surface area contributed by atoms with Crippen LogP contribution in [-0.4, -0.2) is 31.3 Å². The fourth-order valence-corrected chi connectivity index (χ4v) is 3.23. The van der Waals surface area contributed by atoms with Crippen LogP contribution in [0.5, 0.6) is 5.75 Å². The molecule has 0 spiro atoms. The molecule has 2 aromatic heterocycles. The van der Waals surface area contributed by atoms with E-state index in [-0.39, 0.29) is 17.5 Å². The average Bonchev–Trinajstić information content (AvgIpc) is 3.50. The van der Waals surface area contributed by atoms with Crippen LogP contribution in [0.25, 0.3) is 16.9 Å². The summed E-state index contributed by atoms with van der Waals surface area (Å²) in [6.45, 7) is -2.89. The number of hydrogen-bond donors (Lipinski definition) is 1. The van der Waals surface area contributed by atoms with Gasteiger partial charge in [0.1, 0.15) is 17.4 Å². The second-order valence-electron chi connectivity index (χ2n) is 6.88. The molecule has 0 bridgehead atoms. The Morgan fingerprint density at radius 3 is 2.60 bits per heavy atom. The van der Waals surface area contributed by atoms with Gasteiger partial charge in [0.15, 0.2) is 5.82 Å². The van der Waals surface area contributed by atoms with Gasteiger partial charge in [-0.05, 0) is 49.2 Å². The van der Waals surface area contributed by atoms with Crippen LogP contribution in [0.1, 0.15) is 24.6 Å². The fraction of sp³-hybridized carbons (Fsp3) is 0.200. The zero-order valence-corrected chi connectivity index (χ0v) is 15.5. The van der Waals surface area contributed by atoms with E-state index in [1.165, 1.54) is 30.5 Å². The largest absolute Gasteiger partial charge is 0.435 e. The van der Waals surface area contributed by atoms with E-state index >= 15 is 0 Å². The lowest BCUT2D eigenvalue weighted by Crippen LogP contribution is -2.07. The van der Waals surface area contributed by atoms with Gasteiger partial charge in [-0.2, -0.15) is 18.9 Å². The predicted octanol–water partition coefficient (Wildman–Crippen LogP) is 4.57. The van der Waals surface area contributed by atoms with Crippen LogP contribution in [0.15, 0.2) is 48.7 Å². The Kier molecular flexibility index (Phi) is 4.46. The summed E-state index contributed by atoms with van der Waals surface area (Å²) in [6.07, 6.45) is 3.52. The first-order valence-corrected chi connectivity index (χ1v) is 9.27. The minimum Gasteiger partial charge on any atom is -0.435 e. The molecule has 0 amide bonds. The maximum absolute atomic E-state index is 13.9. The highest BCUT2D eigenvalue weighted by atomic mass is 19.3. The number of aromatic nitrogens is 5. The van der Waals surface area contributed by atoms with Gasteiger partial charge in [0.25, 0.3) is 0 Å². The zero-order valence-electron chi connectivity index (χ0n) is 15.5. The number of halogens is 3. The van der Waals surface area contributed by atoms with Crippen LogP contribution in [0, 0.1) is 5.82 Å². The normalized spacial score (nSPS) is 13.7. The molecule has 152 valence electrons. The molecular formula is C20H15F3N6O. The quantitative estimate of drug-likeness (QED) is 0.500. The van der Waals surface area contributed by atoms with Crippen molar-refractivity contribution in [3.05, 3.63) is 60.3 Å². The van der Waals surface area contributed by atoms with Gasteiger partial charge >= 0.3 is 6.61 Å². The maximum atomic E-state index is 13.9. The minimum absolute atomic E-state index is 0.0457. The van der Waals surface area contributed by atoms with E-state index in [0.29, 0.717) is 28.5 Å². The molecule has 2 aromatic carbocycles. The molecule has 1 saturated carbocycles. The molecule has 0 atom stereocenters. The molecule has 2 heterocycles. The Labute approximate surface area is 168 Å². The third-order valence-electron chi connectivity index (χ3n) is 4.70. The summed E-state index contributed by atoms with van der Waals surface area (Å²) >= 11 is 0. The van der Waals surface area contributed by atoms with Crippen molar-refractivity contribution < 1.29 is 17.9 Å². The van der Waals surface area contributed by atoms with Crippen LogP contribution < -0.4 is 10.1 Å². The molecule has 1 N–H and O–H groups in total. The van der Waals surface area contributed by atoms with Crippen molar-refractivity contribution in [3.63, 3.8) is 0 Å². The van der Waals surface area contributed by atoms with E-state index in [2.05, 4.69) is 30.2 Å². The number of imidazole rings is 1. The lowest BCUT2D eigenvalue weighted by molar-refractivity contribution is -0.0498. The first kappa shape index (κ1) is 18.3. The number of nitrogens with one attached hydrogen (secondary N) is 1. The Bertz CT molecular complexity index is 1210. The molecule has 5 rings (SSSR count). The van der Waals surface area contributed by atoms with Crippen molar-refractivity contribution in [3.8, 4) is 11.6 Å². The molecule has 0 saturated heterocycles. The van der Waals surface area contributed by atoms with Crippen LogP contribution in [0.3, 0.4) is 0 Å². The smallest absolute Gasteiger partial charge is 0.387 e. The number of anilines is 2. The predicted molar refractivity (Wildman–Crippen MR) is 103 cm³/mol. The number of alkyl halides is 2. The van der Waals surface area contributed by atoms with E-state index in [1.807, 2.05) is 0 Å². The molecule has 0 radical (unpaired) electrons. The van der Waals surface area contributed by atoms with Gasteiger partial charge in [0.05, 0.1) is 17.2 Å². The van der Waals surface area contributed by atoms with Crippen molar-refractivity contribution in [2.75, 3.05) is 5.32 Å². The first-order valence-electron chi connectivity index (χ1n) is 9.27. The number of nitrogens with zero attached hydrogens (tertiary/aromatic N) is 5. The Balaban J connectivity index is 1.48. The topological polar surface area (TPSA) is 77.8 Å². The highest BCUT2D eigenvalue weighted by Crippen LogP contribution is 2.41. The van der Waals surface area contributed by atoms with Gasteiger partial charge in [0, 0.05) is 17.7 Å². The van der Waals surface area contributed by atoms with Crippen molar-refractivity contribution in [2.24, 2.45) is 0 Å². The van der Waals surface area contributed by atoms with E-state index in [4.69, 9.17) is 0 Å².